The molecule has 0 bridgehead atoms. The van der Waals surface area contributed by atoms with Crippen molar-refractivity contribution in [3.63, 3.8) is 0 Å². The van der Waals surface area contributed by atoms with Gasteiger partial charge in [-0.1, -0.05) is 101 Å². The Morgan fingerprint density at radius 2 is 1.43 bits per heavy atom. The molecule has 4 rings (SSSR count). The summed E-state index contributed by atoms with van der Waals surface area (Å²) in [6.07, 6.45) is 13.5. The fraction of sp³-hybridized carbons (Fsp3) is 0.452. The van der Waals surface area contributed by atoms with Crippen molar-refractivity contribution < 1.29 is 4.79 Å². The van der Waals surface area contributed by atoms with Crippen LogP contribution >= 0.6 is 0 Å². The lowest BCUT2D eigenvalue weighted by molar-refractivity contribution is 0.0956. The Morgan fingerprint density at radius 3 is 2.06 bits per heavy atom. The van der Waals surface area contributed by atoms with E-state index in [1.54, 1.807) is 0 Å². The first-order valence-corrected chi connectivity index (χ1v) is 13.5. The number of benzene rings is 2. The molecule has 2 aromatic carbocycles. The zero-order valence-corrected chi connectivity index (χ0v) is 21.4. The molecule has 1 fully saturated rings. The predicted octanol–water partition coefficient (Wildman–Crippen LogP) is 8.42. The first-order chi connectivity index (χ1) is 17.1. The minimum absolute atomic E-state index is 0.165. The average molecular weight is 470 g/mol. The summed E-state index contributed by atoms with van der Waals surface area (Å²) in [7, 11) is 0. The Balaban J connectivity index is 1.57. The molecule has 0 atom stereocenters. The number of hydrogen-bond donors (Lipinski definition) is 1. The Hall–Kier alpha value is -3.01. The minimum atomic E-state index is -0.165. The van der Waals surface area contributed by atoms with Crippen molar-refractivity contribution in [2.45, 2.75) is 90.4 Å². The van der Waals surface area contributed by atoms with Gasteiger partial charge >= 0.3 is 0 Å². The van der Waals surface area contributed by atoms with Crippen LogP contribution in [0.2, 0.25) is 0 Å². The van der Waals surface area contributed by atoms with Crippen molar-refractivity contribution >= 4 is 22.5 Å². The topological polar surface area (TPSA) is 54.4 Å². The summed E-state index contributed by atoms with van der Waals surface area (Å²) < 4.78 is 0. The number of aromatic nitrogens is 1. The van der Waals surface area contributed by atoms with Crippen molar-refractivity contribution in [1.29, 1.82) is 0 Å². The van der Waals surface area contributed by atoms with Gasteiger partial charge < -0.3 is 0 Å². The quantitative estimate of drug-likeness (QED) is 0.390. The minimum Gasteiger partial charge on any atom is -0.267 e. The van der Waals surface area contributed by atoms with E-state index in [1.165, 1.54) is 50.5 Å². The van der Waals surface area contributed by atoms with Crippen molar-refractivity contribution in [2.75, 3.05) is 0 Å². The molecule has 0 saturated heterocycles. The van der Waals surface area contributed by atoms with Crippen molar-refractivity contribution in [2.24, 2.45) is 5.10 Å². The summed E-state index contributed by atoms with van der Waals surface area (Å²) in [5.41, 5.74) is 8.58. The number of hydrogen-bond acceptors (Lipinski definition) is 3. The van der Waals surface area contributed by atoms with Gasteiger partial charge in [0.15, 0.2) is 0 Å². The fourth-order valence-electron chi connectivity index (χ4n) is 4.87. The van der Waals surface area contributed by atoms with Gasteiger partial charge in [-0.3, -0.25) is 4.79 Å². The number of pyridine rings is 1. The number of hydrazone groups is 1. The normalized spacial score (nSPS) is 15.9. The van der Waals surface area contributed by atoms with Gasteiger partial charge in [-0.05, 0) is 49.3 Å². The van der Waals surface area contributed by atoms with Crippen LogP contribution in [0.15, 0.2) is 59.7 Å². The standard InChI is InChI=1S/C31H39N3O/c1-23(2)24-18-20-25(21-19-24)30-22-28(27-16-12-13-17-29(27)32-30)31(35)34-33-26-14-10-8-6-4-3-5-7-9-11-15-26/h12-13,16-23H,3-11,14-15H2,1-2H3,(H,34,35). The van der Waals surface area contributed by atoms with E-state index in [9.17, 15) is 4.79 Å². The predicted molar refractivity (Wildman–Crippen MR) is 147 cm³/mol. The molecule has 0 spiro atoms. The SMILES string of the molecule is CC(C)c1ccc(-c2cc(C(=O)NN=C3CCCCCCCCCCC3)c3ccccc3n2)cc1. The zero-order valence-electron chi connectivity index (χ0n) is 21.4. The second-order valence-corrected chi connectivity index (χ2v) is 10.1. The molecule has 0 radical (unpaired) electrons. The van der Waals surface area contributed by atoms with Gasteiger partial charge in [-0.15, -0.1) is 0 Å². The molecule has 1 aliphatic carbocycles. The van der Waals surface area contributed by atoms with Crippen LogP contribution in [0, 0.1) is 0 Å². The summed E-state index contributed by atoms with van der Waals surface area (Å²) >= 11 is 0. The summed E-state index contributed by atoms with van der Waals surface area (Å²) in [6, 6.07) is 18.2. The third-order valence-electron chi connectivity index (χ3n) is 7.08. The molecule has 3 aromatic rings. The van der Waals surface area contributed by atoms with Gasteiger partial charge in [-0.2, -0.15) is 5.10 Å². The van der Waals surface area contributed by atoms with E-state index >= 15 is 0 Å². The number of rotatable bonds is 4. The van der Waals surface area contributed by atoms with Gasteiger partial charge in [-0.25, -0.2) is 10.4 Å². The molecule has 4 nitrogen and oxygen atoms in total. The van der Waals surface area contributed by atoms with Crippen LogP contribution in [-0.2, 0) is 0 Å². The van der Waals surface area contributed by atoms with Crippen LogP contribution in [0.3, 0.4) is 0 Å². The summed E-state index contributed by atoms with van der Waals surface area (Å²) in [4.78, 5) is 18.2. The second kappa shape index (κ2) is 12.6. The first-order valence-electron chi connectivity index (χ1n) is 13.5. The van der Waals surface area contributed by atoms with Crippen LogP contribution in [-0.4, -0.2) is 16.6 Å². The van der Waals surface area contributed by atoms with E-state index in [4.69, 9.17) is 4.98 Å². The summed E-state index contributed by atoms with van der Waals surface area (Å²) in [5, 5.41) is 5.48. The highest BCUT2D eigenvalue weighted by atomic mass is 16.2. The molecule has 1 amide bonds. The molecule has 1 N–H and O–H groups in total. The van der Waals surface area contributed by atoms with E-state index in [0.29, 0.717) is 11.5 Å². The number of nitrogens with zero attached hydrogens (tertiary/aromatic N) is 2. The molecule has 4 heteroatoms. The van der Waals surface area contributed by atoms with Crippen molar-refractivity contribution in [1.82, 2.24) is 10.4 Å². The highest BCUT2D eigenvalue weighted by Gasteiger charge is 2.14. The second-order valence-electron chi connectivity index (χ2n) is 10.1. The van der Waals surface area contributed by atoms with Crippen LogP contribution in [0.5, 0.6) is 0 Å². The van der Waals surface area contributed by atoms with E-state index in [-0.39, 0.29) is 5.91 Å². The van der Waals surface area contributed by atoms with Crippen LogP contribution < -0.4 is 5.43 Å². The molecular formula is C31H39N3O. The molecular weight excluding hydrogens is 430 g/mol. The summed E-state index contributed by atoms with van der Waals surface area (Å²) in [5.74, 6) is 0.312. The van der Waals surface area contributed by atoms with Gasteiger partial charge in [0.25, 0.3) is 5.91 Å². The van der Waals surface area contributed by atoms with Gasteiger partial charge in [0, 0.05) is 16.7 Å². The van der Waals surface area contributed by atoms with E-state index in [0.717, 1.165) is 53.6 Å². The average Bonchev–Trinajstić information content (AvgIpc) is 2.87. The number of amides is 1. The number of para-hydroxylation sites is 1. The highest BCUT2D eigenvalue weighted by molar-refractivity contribution is 6.07. The Kier molecular flexibility index (Phi) is 9.05. The first kappa shape index (κ1) is 25.1. The van der Waals surface area contributed by atoms with Gasteiger partial charge in [0.2, 0.25) is 0 Å². The maximum Gasteiger partial charge on any atom is 0.272 e. The molecule has 1 aliphatic rings. The Bertz CT molecular complexity index is 1130. The molecule has 1 aromatic heterocycles. The number of carbonyl (C=O) groups is 1. The molecule has 0 unspecified atom stereocenters. The maximum atomic E-state index is 13.4. The number of fused-ring (bicyclic) bond motifs is 1. The van der Waals surface area contributed by atoms with Crippen LogP contribution in [0.25, 0.3) is 22.2 Å². The smallest absolute Gasteiger partial charge is 0.267 e. The third kappa shape index (κ3) is 7.00. The maximum absolute atomic E-state index is 13.4. The molecule has 35 heavy (non-hydrogen) atoms. The van der Waals surface area contributed by atoms with Crippen molar-refractivity contribution in [3.8, 4) is 11.3 Å². The lowest BCUT2D eigenvalue weighted by Crippen LogP contribution is -2.20. The van der Waals surface area contributed by atoms with Crippen molar-refractivity contribution in [3.05, 3.63) is 65.7 Å². The lowest BCUT2D eigenvalue weighted by Gasteiger charge is -2.12. The highest BCUT2D eigenvalue weighted by Crippen LogP contribution is 2.26. The van der Waals surface area contributed by atoms with E-state index in [1.807, 2.05) is 30.3 Å². The Morgan fingerprint density at radius 1 is 0.829 bits per heavy atom. The monoisotopic (exact) mass is 469 g/mol. The third-order valence-corrected chi connectivity index (χ3v) is 7.08. The van der Waals surface area contributed by atoms with Crippen LogP contribution in [0.4, 0.5) is 0 Å². The summed E-state index contributed by atoms with van der Waals surface area (Å²) in [6.45, 7) is 4.38. The molecule has 184 valence electrons. The number of nitrogens with one attached hydrogen (secondary N) is 1. The Labute approximate surface area is 210 Å². The molecule has 1 heterocycles. The van der Waals surface area contributed by atoms with E-state index < -0.39 is 0 Å². The van der Waals surface area contributed by atoms with Crippen LogP contribution in [0.1, 0.15) is 106 Å². The number of carbonyl (C=O) groups excluding carboxylic acids is 1. The zero-order chi connectivity index (χ0) is 24.5. The fourth-order valence-corrected chi connectivity index (χ4v) is 4.87. The van der Waals surface area contributed by atoms with E-state index in [2.05, 4.69) is 48.6 Å². The molecule has 0 aliphatic heterocycles. The van der Waals surface area contributed by atoms with Gasteiger partial charge in [0.05, 0.1) is 16.8 Å². The molecule has 1 saturated carbocycles. The largest absolute Gasteiger partial charge is 0.272 e. The lowest BCUT2D eigenvalue weighted by atomic mass is 9.99. The van der Waals surface area contributed by atoms with Gasteiger partial charge in [0.1, 0.15) is 0 Å².